The Morgan fingerprint density at radius 2 is 2.09 bits per heavy atom. The molecular formula is C18H23N3O. The predicted molar refractivity (Wildman–Crippen MR) is 87.6 cm³/mol. The smallest absolute Gasteiger partial charge is 0.252 e. The average molecular weight is 297 g/mol. The Hall–Kier alpha value is -1.94. The van der Waals surface area contributed by atoms with Crippen molar-refractivity contribution in [1.29, 1.82) is 0 Å². The minimum Gasteiger partial charge on any atom is -0.329 e. The molecule has 0 spiro atoms. The van der Waals surface area contributed by atoms with E-state index in [1.54, 1.807) is 6.20 Å². The Morgan fingerprint density at radius 3 is 2.82 bits per heavy atom. The first-order valence-corrected chi connectivity index (χ1v) is 8.09. The van der Waals surface area contributed by atoms with Crippen LogP contribution in [0, 0.1) is 5.92 Å². The average Bonchev–Trinajstić information content (AvgIpc) is 2.57. The van der Waals surface area contributed by atoms with E-state index in [0.717, 1.165) is 37.5 Å². The zero-order valence-electron chi connectivity index (χ0n) is 12.9. The van der Waals surface area contributed by atoms with E-state index in [-0.39, 0.29) is 5.56 Å². The Balaban J connectivity index is 1.44. The van der Waals surface area contributed by atoms with Gasteiger partial charge in [0.15, 0.2) is 0 Å². The normalized spacial score (nSPS) is 16.7. The zero-order valence-corrected chi connectivity index (χ0v) is 12.9. The highest BCUT2D eigenvalue weighted by Gasteiger charge is 2.19. The fraction of sp³-hybridized carbons (Fsp3) is 0.444. The summed E-state index contributed by atoms with van der Waals surface area (Å²) in [6.45, 7) is 2.95. The second-order valence-corrected chi connectivity index (χ2v) is 6.14. The molecule has 0 aliphatic carbocycles. The quantitative estimate of drug-likeness (QED) is 0.923. The maximum Gasteiger partial charge on any atom is 0.252 e. The lowest BCUT2D eigenvalue weighted by atomic mass is 9.90. The number of rotatable bonds is 5. The van der Waals surface area contributed by atoms with Gasteiger partial charge in [0.2, 0.25) is 0 Å². The van der Waals surface area contributed by atoms with Crippen LogP contribution in [0.15, 0.2) is 47.7 Å². The van der Waals surface area contributed by atoms with E-state index in [2.05, 4.69) is 20.9 Å². The third kappa shape index (κ3) is 4.04. The molecule has 0 bridgehead atoms. The number of aryl methyl sites for hydroxylation is 1. The molecule has 3 rings (SSSR count). The number of pyridine rings is 2. The molecule has 0 saturated carbocycles. The first-order valence-electron chi connectivity index (χ1n) is 8.09. The fourth-order valence-electron chi connectivity index (χ4n) is 3.17. The van der Waals surface area contributed by atoms with Crippen LogP contribution in [0.2, 0.25) is 0 Å². The molecule has 0 atom stereocenters. The van der Waals surface area contributed by atoms with Crippen LogP contribution in [0.1, 0.15) is 30.4 Å². The third-order valence-corrected chi connectivity index (χ3v) is 4.56. The van der Waals surface area contributed by atoms with Crippen LogP contribution in [0.25, 0.3) is 0 Å². The monoisotopic (exact) mass is 297 g/mol. The summed E-state index contributed by atoms with van der Waals surface area (Å²) < 4.78 is 0. The summed E-state index contributed by atoms with van der Waals surface area (Å²) in [6, 6.07) is 7.99. The van der Waals surface area contributed by atoms with Crippen molar-refractivity contribution in [1.82, 2.24) is 14.9 Å². The molecule has 4 heteroatoms. The summed E-state index contributed by atoms with van der Waals surface area (Å²) in [6.07, 6.45) is 10.3. The molecule has 2 aromatic rings. The molecule has 22 heavy (non-hydrogen) atoms. The maximum absolute atomic E-state index is 11.7. The van der Waals surface area contributed by atoms with Gasteiger partial charge in [-0.3, -0.25) is 14.7 Å². The van der Waals surface area contributed by atoms with Crippen molar-refractivity contribution in [3.05, 3.63) is 64.3 Å². The summed E-state index contributed by atoms with van der Waals surface area (Å²) in [5, 5.41) is 0. The Kier molecular flexibility index (Phi) is 5.01. The van der Waals surface area contributed by atoms with Crippen LogP contribution in [-0.2, 0) is 13.0 Å². The molecule has 0 unspecified atom stereocenters. The largest absolute Gasteiger partial charge is 0.329 e. The van der Waals surface area contributed by atoms with Gasteiger partial charge in [-0.15, -0.1) is 0 Å². The first kappa shape index (κ1) is 15.0. The van der Waals surface area contributed by atoms with Crippen LogP contribution in [0.4, 0.5) is 0 Å². The van der Waals surface area contributed by atoms with Crippen molar-refractivity contribution in [2.24, 2.45) is 5.92 Å². The van der Waals surface area contributed by atoms with Gasteiger partial charge in [-0.1, -0.05) is 12.1 Å². The number of nitrogens with zero attached hydrogens (tertiary/aromatic N) is 2. The minimum absolute atomic E-state index is 0.0428. The second-order valence-electron chi connectivity index (χ2n) is 6.14. The van der Waals surface area contributed by atoms with Crippen molar-refractivity contribution < 1.29 is 0 Å². The van der Waals surface area contributed by atoms with Crippen molar-refractivity contribution in [2.45, 2.75) is 32.2 Å². The molecule has 0 radical (unpaired) electrons. The number of hydrogen-bond acceptors (Lipinski definition) is 3. The summed E-state index contributed by atoms with van der Waals surface area (Å²) in [7, 11) is 0. The van der Waals surface area contributed by atoms with Gasteiger partial charge in [0.05, 0.1) is 0 Å². The van der Waals surface area contributed by atoms with Gasteiger partial charge in [0.1, 0.15) is 0 Å². The number of nitrogens with one attached hydrogen (secondary N) is 1. The molecule has 116 valence electrons. The second kappa shape index (κ2) is 7.36. The molecular weight excluding hydrogens is 274 g/mol. The molecule has 1 fully saturated rings. The van der Waals surface area contributed by atoms with Crippen molar-refractivity contribution in [2.75, 3.05) is 13.1 Å². The number of hydrogen-bond donors (Lipinski definition) is 1. The van der Waals surface area contributed by atoms with Gasteiger partial charge in [0.25, 0.3) is 5.56 Å². The zero-order chi connectivity index (χ0) is 15.2. The van der Waals surface area contributed by atoms with Gasteiger partial charge in [-0.2, -0.15) is 0 Å². The van der Waals surface area contributed by atoms with E-state index in [1.807, 2.05) is 30.6 Å². The summed E-state index contributed by atoms with van der Waals surface area (Å²) >= 11 is 0. The van der Waals surface area contributed by atoms with Gasteiger partial charge in [-0.25, -0.2) is 0 Å². The number of piperidine rings is 1. The number of aromatic nitrogens is 2. The number of H-pyrrole nitrogens is 1. The molecule has 2 aromatic heterocycles. The lowest BCUT2D eigenvalue weighted by molar-refractivity contribution is 0.172. The SMILES string of the molecule is O=c1[nH]cccc1CN1CCC(CCc2cccnc2)CC1. The van der Waals surface area contributed by atoms with Gasteiger partial charge < -0.3 is 4.98 Å². The summed E-state index contributed by atoms with van der Waals surface area (Å²) in [5.74, 6) is 0.797. The lowest BCUT2D eigenvalue weighted by Crippen LogP contribution is -2.34. The van der Waals surface area contributed by atoms with Gasteiger partial charge in [-0.05, 0) is 62.4 Å². The predicted octanol–water partition coefficient (Wildman–Crippen LogP) is 2.61. The van der Waals surface area contributed by atoms with E-state index in [1.165, 1.54) is 24.8 Å². The van der Waals surface area contributed by atoms with Gasteiger partial charge in [0, 0.05) is 30.7 Å². The fourth-order valence-corrected chi connectivity index (χ4v) is 3.17. The van der Waals surface area contributed by atoms with Crippen molar-refractivity contribution in [3.63, 3.8) is 0 Å². The van der Waals surface area contributed by atoms with Crippen molar-refractivity contribution in [3.8, 4) is 0 Å². The van der Waals surface area contributed by atoms with E-state index in [0.29, 0.717) is 0 Å². The standard InChI is InChI=1S/C18H23N3O/c22-18-17(4-2-10-20-18)14-21-11-7-15(8-12-21)5-6-16-3-1-9-19-13-16/h1-4,9-10,13,15H,5-8,11-12,14H2,(H,20,22). The number of aromatic amines is 1. The highest BCUT2D eigenvalue weighted by atomic mass is 16.1. The molecule has 1 N–H and O–H groups in total. The van der Waals surface area contributed by atoms with Crippen LogP contribution < -0.4 is 5.56 Å². The first-order chi connectivity index (χ1) is 10.8. The molecule has 1 aliphatic heterocycles. The highest BCUT2D eigenvalue weighted by molar-refractivity contribution is 5.09. The lowest BCUT2D eigenvalue weighted by Gasteiger charge is -2.31. The maximum atomic E-state index is 11.7. The van der Waals surface area contributed by atoms with E-state index >= 15 is 0 Å². The van der Waals surface area contributed by atoms with Crippen molar-refractivity contribution >= 4 is 0 Å². The number of likely N-dealkylation sites (tertiary alicyclic amines) is 1. The Labute approximate surface area is 131 Å². The topological polar surface area (TPSA) is 49.0 Å². The summed E-state index contributed by atoms with van der Waals surface area (Å²) in [5.41, 5.74) is 2.25. The third-order valence-electron chi connectivity index (χ3n) is 4.56. The van der Waals surface area contributed by atoms with Crippen LogP contribution >= 0.6 is 0 Å². The molecule has 1 aliphatic rings. The summed E-state index contributed by atoms with van der Waals surface area (Å²) in [4.78, 5) is 21.0. The molecule has 0 amide bonds. The van der Waals surface area contributed by atoms with Crippen LogP contribution in [0.3, 0.4) is 0 Å². The van der Waals surface area contributed by atoms with E-state index in [9.17, 15) is 4.79 Å². The molecule has 3 heterocycles. The minimum atomic E-state index is 0.0428. The van der Waals surface area contributed by atoms with Crippen LogP contribution in [-0.4, -0.2) is 28.0 Å². The van der Waals surface area contributed by atoms with E-state index in [4.69, 9.17) is 0 Å². The molecule has 4 nitrogen and oxygen atoms in total. The highest BCUT2D eigenvalue weighted by Crippen LogP contribution is 2.23. The Bertz CT molecular complexity index is 630. The van der Waals surface area contributed by atoms with Gasteiger partial charge >= 0.3 is 0 Å². The molecule has 1 saturated heterocycles. The van der Waals surface area contributed by atoms with E-state index < -0.39 is 0 Å². The van der Waals surface area contributed by atoms with Crippen LogP contribution in [0.5, 0.6) is 0 Å². The molecule has 0 aromatic carbocycles. The Morgan fingerprint density at radius 1 is 1.23 bits per heavy atom.